The van der Waals surface area contributed by atoms with Crippen LogP contribution in [0.2, 0.25) is 0 Å². The number of rotatable bonds is 4. The number of likely N-dealkylation sites (tertiary alicyclic amines) is 1. The molecule has 0 saturated carbocycles. The van der Waals surface area contributed by atoms with Gasteiger partial charge in [0.2, 0.25) is 0 Å². The van der Waals surface area contributed by atoms with E-state index in [0.717, 1.165) is 50.5 Å². The van der Waals surface area contributed by atoms with E-state index < -0.39 is 0 Å². The Labute approximate surface area is 154 Å². The summed E-state index contributed by atoms with van der Waals surface area (Å²) in [5, 5.41) is 2.30. The lowest BCUT2D eigenvalue weighted by Crippen LogP contribution is -2.47. The molecule has 26 heavy (non-hydrogen) atoms. The number of fused-ring (bicyclic) bond motifs is 1. The van der Waals surface area contributed by atoms with Crippen LogP contribution in [-0.4, -0.2) is 67.7 Å². The monoisotopic (exact) mass is 354 g/mol. The number of ether oxygens (including phenoxy) is 2. The summed E-state index contributed by atoms with van der Waals surface area (Å²) in [6.45, 7) is 7.45. The molecule has 0 spiro atoms. The van der Waals surface area contributed by atoms with Crippen molar-refractivity contribution in [3.63, 3.8) is 0 Å². The molecule has 138 valence electrons. The van der Waals surface area contributed by atoms with Crippen LogP contribution in [0.4, 0.5) is 0 Å². The van der Waals surface area contributed by atoms with Gasteiger partial charge in [0.1, 0.15) is 5.75 Å². The Morgan fingerprint density at radius 3 is 2.69 bits per heavy atom. The Balaban J connectivity index is 1.34. The molecule has 2 fully saturated rings. The molecular weight excluding hydrogens is 328 g/mol. The van der Waals surface area contributed by atoms with Gasteiger partial charge < -0.3 is 14.4 Å². The molecule has 2 saturated heterocycles. The molecule has 0 bridgehead atoms. The molecule has 0 aromatic heterocycles. The summed E-state index contributed by atoms with van der Waals surface area (Å²) in [6, 6.07) is 14.5. The molecule has 2 aromatic rings. The average molecular weight is 354 g/mol. The molecule has 2 aliphatic heterocycles. The molecule has 5 heteroatoms. The summed E-state index contributed by atoms with van der Waals surface area (Å²) < 4.78 is 11.2. The molecule has 0 aliphatic carbocycles. The summed E-state index contributed by atoms with van der Waals surface area (Å²) in [7, 11) is 0. The Kier molecular flexibility index (Phi) is 5.09. The van der Waals surface area contributed by atoms with E-state index in [2.05, 4.69) is 24.0 Å². The first-order chi connectivity index (χ1) is 12.7. The Morgan fingerprint density at radius 2 is 1.88 bits per heavy atom. The lowest BCUT2D eigenvalue weighted by molar-refractivity contribution is -0.132. The molecule has 4 rings (SSSR count). The first kappa shape index (κ1) is 17.3. The molecule has 0 radical (unpaired) electrons. The van der Waals surface area contributed by atoms with Crippen molar-refractivity contribution in [3.8, 4) is 5.75 Å². The van der Waals surface area contributed by atoms with Crippen molar-refractivity contribution in [2.24, 2.45) is 5.92 Å². The molecular formula is C21H26N2O3. The highest BCUT2D eigenvalue weighted by molar-refractivity contribution is 5.84. The van der Waals surface area contributed by atoms with Gasteiger partial charge in [0.05, 0.1) is 13.2 Å². The van der Waals surface area contributed by atoms with Crippen LogP contribution in [-0.2, 0) is 9.53 Å². The van der Waals surface area contributed by atoms with Gasteiger partial charge in [0.15, 0.2) is 6.61 Å². The lowest BCUT2D eigenvalue weighted by Gasteiger charge is -2.33. The number of nitrogens with zero attached hydrogens (tertiary/aromatic N) is 2. The number of morpholine rings is 1. The lowest BCUT2D eigenvalue weighted by atomic mass is 10.0. The third kappa shape index (κ3) is 3.69. The van der Waals surface area contributed by atoms with Crippen molar-refractivity contribution >= 4 is 16.7 Å². The van der Waals surface area contributed by atoms with E-state index in [0.29, 0.717) is 12.0 Å². The van der Waals surface area contributed by atoms with Crippen LogP contribution in [0.25, 0.3) is 10.8 Å². The number of hydrogen-bond acceptors (Lipinski definition) is 4. The molecule has 0 N–H and O–H groups in total. The number of hydrogen-bond donors (Lipinski definition) is 0. The van der Waals surface area contributed by atoms with Crippen molar-refractivity contribution in [2.45, 2.75) is 13.0 Å². The maximum atomic E-state index is 12.6. The molecule has 2 aliphatic rings. The van der Waals surface area contributed by atoms with E-state index in [-0.39, 0.29) is 12.5 Å². The zero-order chi connectivity index (χ0) is 17.9. The smallest absolute Gasteiger partial charge is 0.260 e. The zero-order valence-electron chi connectivity index (χ0n) is 15.3. The van der Waals surface area contributed by atoms with E-state index in [1.807, 2.05) is 35.2 Å². The fourth-order valence-electron chi connectivity index (χ4n) is 4.03. The SMILES string of the molecule is CC1CN(C(=O)COc2ccc3ccccc3c2)CC1N1CCOCC1. The van der Waals surface area contributed by atoms with Gasteiger partial charge in [0, 0.05) is 32.2 Å². The molecule has 2 unspecified atom stereocenters. The van der Waals surface area contributed by atoms with E-state index >= 15 is 0 Å². The van der Waals surface area contributed by atoms with Crippen LogP contribution in [0.15, 0.2) is 42.5 Å². The van der Waals surface area contributed by atoms with Crippen LogP contribution >= 0.6 is 0 Å². The number of carbonyl (C=O) groups excluding carboxylic acids is 1. The second-order valence-electron chi connectivity index (χ2n) is 7.29. The van der Waals surface area contributed by atoms with Gasteiger partial charge in [-0.05, 0) is 28.8 Å². The fourth-order valence-corrected chi connectivity index (χ4v) is 4.03. The van der Waals surface area contributed by atoms with Gasteiger partial charge >= 0.3 is 0 Å². The standard InChI is InChI=1S/C21H26N2O3/c1-16-13-23(14-20(16)22-8-10-25-11-9-22)21(24)15-26-19-7-6-17-4-2-3-5-18(17)12-19/h2-7,12,16,20H,8-11,13-15H2,1H3. The molecule has 1 amide bonds. The third-order valence-electron chi connectivity index (χ3n) is 5.52. The number of benzene rings is 2. The highest BCUT2D eigenvalue weighted by Gasteiger charge is 2.36. The van der Waals surface area contributed by atoms with E-state index in [1.165, 1.54) is 5.39 Å². The predicted octanol–water partition coefficient (Wildman–Crippen LogP) is 2.40. The van der Waals surface area contributed by atoms with Crippen LogP contribution < -0.4 is 4.74 Å². The number of carbonyl (C=O) groups is 1. The van der Waals surface area contributed by atoms with Crippen molar-refractivity contribution in [3.05, 3.63) is 42.5 Å². The highest BCUT2D eigenvalue weighted by Crippen LogP contribution is 2.24. The highest BCUT2D eigenvalue weighted by atomic mass is 16.5. The van der Waals surface area contributed by atoms with Crippen LogP contribution in [0.5, 0.6) is 5.75 Å². The minimum absolute atomic E-state index is 0.0702. The maximum absolute atomic E-state index is 12.6. The summed E-state index contributed by atoms with van der Waals surface area (Å²) >= 11 is 0. The fraction of sp³-hybridized carbons (Fsp3) is 0.476. The van der Waals surface area contributed by atoms with Gasteiger partial charge in [-0.25, -0.2) is 0 Å². The van der Waals surface area contributed by atoms with E-state index in [1.54, 1.807) is 0 Å². The topological polar surface area (TPSA) is 42.0 Å². The Morgan fingerprint density at radius 1 is 1.12 bits per heavy atom. The minimum Gasteiger partial charge on any atom is -0.484 e. The largest absolute Gasteiger partial charge is 0.484 e. The van der Waals surface area contributed by atoms with Gasteiger partial charge in [-0.15, -0.1) is 0 Å². The van der Waals surface area contributed by atoms with E-state index in [4.69, 9.17) is 9.47 Å². The summed E-state index contributed by atoms with van der Waals surface area (Å²) in [4.78, 5) is 17.0. The quantitative estimate of drug-likeness (QED) is 0.846. The average Bonchev–Trinajstić information content (AvgIpc) is 3.08. The van der Waals surface area contributed by atoms with Crippen molar-refractivity contribution in [2.75, 3.05) is 46.0 Å². The Hall–Kier alpha value is -2.11. The van der Waals surface area contributed by atoms with Crippen LogP contribution in [0.3, 0.4) is 0 Å². The van der Waals surface area contributed by atoms with Crippen molar-refractivity contribution in [1.29, 1.82) is 0 Å². The molecule has 5 nitrogen and oxygen atoms in total. The van der Waals surface area contributed by atoms with Gasteiger partial charge in [-0.2, -0.15) is 0 Å². The number of amides is 1. The molecule has 2 heterocycles. The van der Waals surface area contributed by atoms with Crippen LogP contribution in [0.1, 0.15) is 6.92 Å². The maximum Gasteiger partial charge on any atom is 0.260 e. The van der Waals surface area contributed by atoms with E-state index in [9.17, 15) is 4.79 Å². The van der Waals surface area contributed by atoms with Crippen molar-refractivity contribution in [1.82, 2.24) is 9.80 Å². The molecule has 2 aromatic carbocycles. The predicted molar refractivity (Wildman–Crippen MR) is 101 cm³/mol. The first-order valence-corrected chi connectivity index (χ1v) is 9.42. The van der Waals surface area contributed by atoms with Gasteiger partial charge in [0.25, 0.3) is 5.91 Å². The summed E-state index contributed by atoms with van der Waals surface area (Å²) in [5.74, 6) is 1.30. The second kappa shape index (κ2) is 7.64. The van der Waals surface area contributed by atoms with Gasteiger partial charge in [-0.1, -0.05) is 37.3 Å². The minimum atomic E-state index is 0.0702. The van der Waals surface area contributed by atoms with Crippen LogP contribution in [0, 0.1) is 5.92 Å². The third-order valence-corrected chi connectivity index (χ3v) is 5.52. The first-order valence-electron chi connectivity index (χ1n) is 9.42. The molecule has 2 atom stereocenters. The van der Waals surface area contributed by atoms with Gasteiger partial charge in [-0.3, -0.25) is 9.69 Å². The van der Waals surface area contributed by atoms with Crippen molar-refractivity contribution < 1.29 is 14.3 Å². The normalized spacial score (nSPS) is 24.1. The summed E-state index contributed by atoms with van der Waals surface area (Å²) in [6.07, 6.45) is 0. The zero-order valence-corrected chi connectivity index (χ0v) is 15.3. The Bertz CT molecular complexity index is 773. The second-order valence-corrected chi connectivity index (χ2v) is 7.29. The summed E-state index contributed by atoms with van der Waals surface area (Å²) in [5.41, 5.74) is 0.